The maximum Gasteiger partial charge on any atom is 0.416 e. The summed E-state index contributed by atoms with van der Waals surface area (Å²) in [5.74, 6) is -0.0571. The van der Waals surface area contributed by atoms with E-state index in [2.05, 4.69) is 20.6 Å². The second-order valence-electron chi connectivity index (χ2n) is 4.93. The quantitative estimate of drug-likeness (QED) is 0.938. The molecule has 1 amide bonds. The molecule has 0 saturated carbocycles. The normalized spacial score (nSPS) is 13.0. The zero-order valence-electron chi connectivity index (χ0n) is 11.9. The number of carbonyl (C=O) groups is 1. The van der Waals surface area contributed by atoms with Crippen molar-refractivity contribution in [1.82, 2.24) is 25.5 Å². The van der Waals surface area contributed by atoms with Crippen molar-refractivity contribution in [2.45, 2.75) is 19.0 Å². The van der Waals surface area contributed by atoms with Gasteiger partial charge in [0.25, 0.3) is 5.91 Å². The minimum Gasteiger partial charge on any atom is -0.341 e. The van der Waals surface area contributed by atoms with Gasteiger partial charge in [0.15, 0.2) is 5.82 Å². The van der Waals surface area contributed by atoms with Crippen LogP contribution in [0, 0.1) is 0 Å². The average Bonchev–Trinajstić information content (AvgIpc) is 3.00. The van der Waals surface area contributed by atoms with Gasteiger partial charge in [-0.25, -0.2) is 0 Å². The van der Waals surface area contributed by atoms with E-state index in [0.29, 0.717) is 12.4 Å². The van der Waals surface area contributed by atoms with E-state index < -0.39 is 11.7 Å². The van der Waals surface area contributed by atoms with Crippen LogP contribution in [0.1, 0.15) is 34.6 Å². The lowest BCUT2D eigenvalue weighted by Crippen LogP contribution is -2.30. The Morgan fingerprint density at radius 1 is 1.32 bits per heavy atom. The Labute approximate surface area is 124 Å². The molecule has 2 rings (SSSR count). The molecule has 2 aromatic rings. The van der Waals surface area contributed by atoms with Crippen LogP contribution in [0.25, 0.3) is 0 Å². The van der Waals surface area contributed by atoms with E-state index in [1.54, 1.807) is 7.05 Å². The number of halogens is 3. The van der Waals surface area contributed by atoms with Gasteiger partial charge in [-0.1, -0.05) is 12.1 Å². The van der Waals surface area contributed by atoms with Crippen molar-refractivity contribution >= 4 is 5.91 Å². The number of carbonyl (C=O) groups excluding carboxylic acids is 1. The van der Waals surface area contributed by atoms with Crippen LogP contribution in [0.2, 0.25) is 0 Å². The number of alkyl halides is 3. The molecule has 0 unspecified atom stereocenters. The highest BCUT2D eigenvalue weighted by molar-refractivity contribution is 5.94. The van der Waals surface area contributed by atoms with Crippen molar-refractivity contribution in [3.05, 3.63) is 41.2 Å². The van der Waals surface area contributed by atoms with Crippen molar-refractivity contribution in [2.24, 2.45) is 0 Å². The van der Waals surface area contributed by atoms with Gasteiger partial charge >= 0.3 is 6.18 Å². The van der Waals surface area contributed by atoms with Crippen LogP contribution in [0.5, 0.6) is 0 Å². The lowest BCUT2D eigenvalue weighted by atomic mass is 10.1. The summed E-state index contributed by atoms with van der Waals surface area (Å²) >= 11 is 0. The summed E-state index contributed by atoms with van der Waals surface area (Å²) in [6.45, 7) is 2.14. The van der Waals surface area contributed by atoms with E-state index >= 15 is 0 Å². The Balaban J connectivity index is 2.04. The Bertz CT molecular complexity index is 624. The van der Waals surface area contributed by atoms with E-state index in [9.17, 15) is 18.0 Å². The Kier molecular flexibility index (Phi) is 4.43. The Morgan fingerprint density at radius 3 is 2.45 bits per heavy atom. The van der Waals surface area contributed by atoms with Crippen molar-refractivity contribution in [3.8, 4) is 0 Å². The largest absolute Gasteiger partial charge is 0.416 e. The summed E-state index contributed by atoms with van der Waals surface area (Å²) in [6.07, 6.45) is -4.42. The zero-order valence-corrected chi connectivity index (χ0v) is 11.9. The SMILES string of the molecule is C[C@H](CN(C)C(=O)c1ccc(C(F)(F)F)cc1)c1nn[nH]n1. The van der Waals surface area contributed by atoms with Gasteiger partial charge in [-0.15, -0.1) is 10.2 Å². The lowest BCUT2D eigenvalue weighted by molar-refractivity contribution is -0.137. The number of aromatic nitrogens is 4. The van der Waals surface area contributed by atoms with E-state index in [4.69, 9.17) is 0 Å². The van der Waals surface area contributed by atoms with Gasteiger partial charge in [0.1, 0.15) is 0 Å². The molecule has 0 spiro atoms. The Hall–Kier alpha value is -2.45. The summed E-state index contributed by atoms with van der Waals surface area (Å²) in [7, 11) is 1.57. The number of likely N-dealkylation sites (N-methyl/N-ethyl adjacent to an activating group) is 1. The molecule has 0 aliphatic carbocycles. The maximum atomic E-state index is 12.5. The molecule has 9 heteroatoms. The summed E-state index contributed by atoms with van der Waals surface area (Å²) in [6, 6.07) is 4.12. The van der Waals surface area contributed by atoms with Gasteiger partial charge in [-0.2, -0.15) is 18.4 Å². The molecule has 1 aromatic heterocycles. The van der Waals surface area contributed by atoms with Gasteiger partial charge in [0, 0.05) is 25.1 Å². The van der Waals surface area contributed by atoms with E-state index in [-0.39, 0.29) is 17.4 Å². The number of benzene rings is 1. The minimum absolute atomic E-state index is 0.151. The van der Waals surface area contributed by atoms with Crippen molar-refractivity contribution in [2.75, 3.05) is 13.6 Å². The smallest absolute Gasteiger partial charge is 0.341 e. The lowest BCUT2D eigenvalue weighted by Gasteiger charge is -2.20. The number of tetrazole rings is 1. The number of nitrogens with one attached hydrogen (secondary N) is 1. The van der Waals surface area contributed by atoms with Crippen LogP contribution in [-0.4, -0.2) is 45.0 Å². The van der Waals surface area contributed by atoms with Crippen LogP contribution >= 0.6 is 0 Å². The predicted molar refractivity (Wildman–Crippen MR) is 71.0 cm³/mol. The summed E-state index contributed by atoms with van der Waals surface area (Å²) in [4.78, 5) is 13.6. The molecular weight excluding hydrogens is 299 g/mol. The second kappa shape index (κ2) is 6.12. The van der Waals surface area contributed by atoms with Crippen LogP contribution < -0.4 is 0 Å². The molecule has 1 N–H and O–H groups in total. The summed E-state index contributed by atoms with van der Waals surface area (Å²) < 4.78 is 37.5. The third-order valence-corrected chi connectivity index (χ3v) is 3.16. The van der Waals surface area contributed by atoms with Crippen LogP contribution in [0.3, 0.4) is 0 Å². The molecule has 1 heterocycles. The molecule has 0 fully saturated rings. The van der Waals surface area contributed by atoms with Crippen molar-refractivity contribution in [1.29, 1.82) is 0 Å². The molecule has 22 heavy (non-hydrogen) atoms. The molecule has 0 bridgehead atoms. The number of nitrogens with zero attached hydrogens (tertiary/aromatic N) is 4. The van der Waals surface area contributed by atoms with Gasteiger partial charge in [-0.05, 0) is 24.3 Å². The van der Waals surface area contributed by atoms with Gasteiger partial charge in [0.05, 0.1) is 5.56 Å². The standard InChI is InChI=1S/C13H14F3N5O/c1-8(11-17-19-20-18-11)7-21(2)12(22)9-3-5-10(6-4-9)13(14,15)16/h3-6,8H,7H2,1-2H3,(H,17,18,19,20)/t8-/m1/s1. The molecule has 0 aliphatic rings. The number of hydrogen-bond acceptors (Lipinski definition) is 4. The highest BCUT2D eigenvalue weighted by atomic mass is 19.4. The third-order valence-electron chi connectivity index (χ3n) is 3.16. The van der Waals surface area contributed by atoms with E-state index in [1.165, 1.54) is 17.0 Å². The monoisotopic (exact) mass is 313 g/mol. The highest BCUT2D eigenvalue weighted by Crippen LogP contribution is 2.29. The van der Waals surface area contributed by atoms with E-state index in [1.807, 2.05) is 6.92 Å². The Morgan fingerprint density at radius 2 is 1.95 bits per heavy atom. The van der Waals surface area contributed by atoms with Gasteiger partial charge in [0.2, 0.25) is 0 Å². The average molecular weight is 313 g/mol. The molecule has 0 saturated heterocycles. The van der Waals surface area contributed by atoms with Gasteiger partial charge in [-0.3, -0.25) is 4.79 Å². The molecule has 118 valence electrons. The number of amides is 1. The fourth-order valence-corrected chi connectivity index (χ4v) is 1.98. The topological polar surface area (TPSA) is 74.8 Å². The first kappa shape index (κ1) is 15.9. The van der Waals surface area contributed by atoms with Crippen molar-refractivity contribution in [3.63, 3.8) is 0 Å². The number of hydrogen-bond donors (Lipinski definition) is 1. The molecule has 0 radical (unpaired) electrons. The highest BCUT2D eigenvalue weighted by Gasteiger charge is 2.30. The van der Waals surface area contributed by atoms with E-state index in [0.717, 1.165) is 12.1 Å². The fourth-order valence-electron chi connectivity index (χ4n) is 1.98. The van der Waals surface area contributed by atoms with Crippen LogP contribution in [0.4, 0.5) is 13.2 Å². The number of rotatable bonds is 4. The molecule has 1 aromatic carbocycles. The van der Waals surface area contributed by atoms with Gasteiger partial charge < -0.3 is 4.90 Å². The predicted octanol–water partition coefficient (Wildman–Crippen LogP) is 2.09. The first-order valence-electron chi connectivity index (χ1n) is 6.45. The van der Waals surface area contributed by atoms with Crippen LogP contribution in [0.15, 0.2) is 24.3 Å². The molecule has 1 atom stereocenters. The van der Waals surface area contributed by atoms with Crippen LogP contribution in [-0.2, 0) is 6.18 Å². The number of aromatic amines is 1. The molecule has 0 aliphatic heterocycles. The fraction of sp³-hybridized carbons (Fsp3) is 0.385. The molecular formula is C13H14F3N5O. The summed E-state index contributed by atoms with van der Waals surface area (Å²) in [5.41, 5.74) is -0.595. The first-order valence-corrected chi connectivity index (χ1v) is 6.45. The number of H-pyrrole nitrogens is 1. The van der Waals surface area contributed by atoms with Crippen molar-refractivity contribution < 1.29 is 18.0 Å². The second-order valence-corrected chi connectivity index (χ2v) is 4.93. The maximum absolute atomic E-state index is 12.5. The first-order chi connectivity index (χ1) is 10.3. The summed E-state index contributed by atoms with van der Waals surface area (Å²) in [5, 5.41) is 13.4. The zero-order chi connectivity index (χ0) is 16.3. The molecule has 6 nitrogen and oxygen atoms in total. The minimum atomic E-state index is -4.42. The third kappa shape index (κ3) is 3.60.